The summed E-state index contributed by atoms with van der Waals surface area (Å²) in [5, 5.41) is 11.6. The van der Waals surface area contributed by atoms with Crippen LogP contribution in [0, 0.1) is 17.0 Å². The first-order chi connectivity index (χ1) is 15.4. The van der Waals surface area contributed by atoms with Crippen molar-refractivity contribution in [2.75, 3.05) is 18.0 Å². The van der Waals surface area contributed by atoms with E-state index >= 15 is 0 Å². The third-order valence-corrected chi connectivity index (χ3v) is 4.26. The zero-order chi connectivity index (χ0) is 23.1. The number of benzene rings is 2. The van der Waals surface area contributed by atoms with E-state index in [0.717, 1.165) is 11.9 Å². The van der Waals surface area contributed by atoms with Gasteiger partial charge >= 0.3 is 5.69 Å². The number of hydrogen-bond donors (Lipinski definition) is 4. The fourth-order valence-corrected chi connectivity index (χ4v) is 2.64. The summed E-state index contributed by atoms with van der Waals surface area (Å²) in [6.07, 6.45) is 1.03. The van der Waals surface area contributed by atoms with E-state index in [-0.39, 0.29) is 17.2 Å². The SMILES string of the molecule is COc1ccccc1C(=O)NNc1ncnc(NNC(=O)c2ccc(C)cc2)c1[N+](=O)[O-]. The molecule has 12 heteroatoms. The van der Waals surface area contributed by atoms with Crippen LogP contribution in [0.25, 0.3) is 0 Å². The van der Waals surface area contributed by atoms with Gasteiger partial charge in [0, 0.05) is 5.56 Å². The maximum absolute atomic E-state index is 12.4. The van der Waals surface area contributed by atoms with Gasteiger partial charge in [-0.05, 0) is 31.2 Å². The normalized spacial score (nSPS) is 10.1. The molecular weight excluding hydrogens is 418 g/mol. The van der Waals surface area contributed by atoms with Gasteiger partial charge in [-0.1, -0.05) is 29.8 Å². The summed E-state index contributed by atoms with van der Waals surface area (Å²) >= 11 is 0. The Hall–Kier alpha value is -4.74. The molecule has 4 N–H and O–H groups in total. The second kappa shape index (κ2) is 9.84. The Morgan fingerprint density at radius 3 is 2.12 bits per heavy atom. The van der Waals surface area contributed by atoms with E-state index in [1.54, 1.807) is 42.5 Å². The molecule has 0 aliphatic rings. The summed E-state index contributed by atoms with van der Waals surface area (Å²) in [5.41, 5.74) is 10.5. The molecule has 0 radical (unpaired) electrons. The number of hydrazine groups is 2. The lowest BCUT2D eigenvalue weighted by molar-refractivity contribution is -0.383. The molecule has 0 unspecified atom stereocenters. The molecule has 2 amide bonds. The van der Waals surface area contributed by atoms with Gasteiger partial charge in [-0.15, -0.1) is 0 Å². The van der Waals surface area contributed by atoms with Crippen molar-refractivity contribution in [3.05, 3.63) is 81.7 Å². The summed E-state index contributed by atoms with van der Waals surface area (Å²) < 4.78 is 5.12. The fourth-order valence-electron chi connectivity index (χ4n) is 2.64. The number of para-hydroxylation sites is 1. The van der Waals surface area contributed by atoms with Gasteiger partial charge in [-0.3, -0.25) is 41.4 Å². The van der Waals surface area contributed by atoms with Crippen molar-refractivity contribution in [1.29, 1.82) is 0 Å². The molecule has 32 heavy (non-hydrogen) atoms. The molecule has 0 aliphatic carbocycles. The third-order valence-electron chi connectivity index (χ3n) is 4.26. The summed E-state index contributed by atoms with van der Waals surface area (Å²) in [4.78, 5) is 43.1. The molecule has 0 bridgehead atoms. The first kappa shape index (κ1) is 22.0. The quantitative estimate of drug-likeness (QED) is 0.306. The Morgan fingerprint density at radius 2 is 1.53 bits per heavy atom. The van der Waals surface area contributed by atoms with Crippen LogP contribution in [0.15, 0.2) is 54.9 Å². The Balaban J connectivity index is 1.74. The number of nitrogens with one attached hydrogen (secondary N) is 4. The van der Waals surface area contributed by atoms with E-state index in [0.29, 0.717) is 11.3 Å². The van der Waals surface area contributed by atoms with Crippen LogP contribution in [0.3, 0.4) is 0 Å². The van der Waals surface area contributed by atoms with Gasteiger partial charge in [0.05, 0.1) is 17.6 Å². The monoisotopic (exact) mass is 437 g/mol. The summed E-state index contributed by atoms with van der Waals surface area (Å²) in [7, 11) is 1.41. The number of aromatic nitrogens is 2. The Kier molecular flexibility index (Phi) is 6.75. The molecule has 12 nitrogen and oxygen atoms in total. The van der Waals surface area contributed by atoms with E-state index in [1.165, 1.54) is 13.2 Å². The van der Waals surface area contributed by atoms with Gasteiger partial charge in [0.2, 0.25) is 11.6 Å². The number of methoxy groups -OCH3 is 1. The van der Waals surface area contributed by atoms with Crippen molar-refractivity contribution in [2.45, 2.75) is 6.92 Å². The number of ether oxygens (including phenoxy) is 1. The lowest BCUT2D eigenvalue weighted by Gasteiger charge is -2.12. The van der Waals surface area contributed by atoms with Gasteiger partial charge in [0.25, 0.3) is 11.8 Å². The standard InChI is InChI=1S/C20H19N7O5/c1-12-7-9-13(10-8-12)19(28)25-23-17-16(27(30)31)18(22-11-21-17)24-26-20(29)14-5-3-4-6-15(14)32-2/h3-11H,1-2H3,(H,25,28)(H,26,29)(H2,21,22,23,24). The average molecular weight is 437 g/mol. The highest BCUT2D eigenvalue weighted by Crippen LogP contribution is 2.28. The Bertz CT molecular complexity index is 1150. The number of carbonyl (C=O) groups excluding carboxylic acids is 2. The summed E-state index contributed by atoms with van der Waals surface area (Å²) in [5.74, 6) is -1.36. The topological polar surface area (TPSA) is 160 Å². The minimum Gasteiger partial charge on any atom is -0.496 e. The highest BCUT2D eigenvalue weighted by Gasteiger charge is 2.24. The smallest absolute Gasteiger partial charge is 0.356 e. The van der Waals surface area contributed by atoms with Crippen molar-refractivity contribution in [3.63, 3.8) is 0 Å². The molecule has 0 aliphatic heterocycles. The van der Waals surface area contributed by atoms with Crippen molar-refractivity contribution in [3.8, 4) is 5.75 Å². The molecule has 0 spiro atoms. The first-order valence-corrected chi connectivity index (χ1v) is 9.22. The molecule has 2 aromatic carbocycles. The summed E-state index contributed by atoms with van der Waals surface area (Å²) in [6, 6.07) is 13.2. The van der Waals surface area contributed by atoms with E-state index in [4.69, 9.17) is 4.74 Å². The van der Waals surface area contributed by atoms with Crippen molar-refractivity contribution in [1.82, 2.24) is 20.8 Å². The van der Waals surface area contributed by atoms with E-state index in [2.05, 4.69) is 31.7 Å². The highest BCUT2D eigenvalue weighted by atomic mass is 16.6. The van der Waals surface area contributed by atoms with E-state index in [9.17, 15) is 19.7 Å². The Labute approximate surface area is 182 Å². The number of nitro groups is 1. The Morgan fingerprint density at radius 1 is 0.938 bits per heavy atom. The molecule has 1 heterocycles. The van der Waals surface area contributed by atoms with Crippen LogP contribution < -0.4 is 26.4 Å². The first-order valence-electron chi connectivity index (χ1n) is 9.22. The highest BCUT2D eigenvalue weighted by molar-refractivity contribution is 5.98. The van der Waals surface area contributed by atoms with Gasteiger partial charge in [-0.25, -0.2) is 9.97 Å². The molecule has 1 aromatic heterocycles. The predicted octanol–water partition coefficient (Wildman–Crippen LogP) is 2.22. The molecule has 0 fully saturated rings. The second-order valence-corrected chi connectivity index (χ2v) is 6.40. The average Bonchev–Trinajstić information content (AvgIpc) is 2.81. The lowest BCUT2D eigenvalue weighted by atomic mass is 10.1. The molecule has 0 atom stereocenters. The zero-order valence-corrected chi connectivity index (χ0v) is 17.1. The third kappa shape index (κ3) is 5.05. The van der Waals surface area contributed by atoms with Crippen LogP contribution in [0.1, 0.15) is 26.3 Å². The fraction of sp³-hybridized carbons (Fsp3) is 0.100. The predicted molar refractivity (Wildman–Crippen MR) is 115 cm³/mol. The number of rotatable bonds is 8. The van der Waals surface area contributed by atoms with Crippen LogP contribution in [-0.2, 0) is 0 Å². The van der Waals surface area contributed by atoms with Crippen molar-refractivity contribution >= 4 is 29.1 Å². The van der Waals surface area contributed by atoms with E-state index in [1.807, 2.05) is 6.92 Å². The van der Waals surface area contributed by atoms with Crippen LogP contribution in [0.2, 0.25) is 0 Å². The lowest BCUT2D eigenvalue weighted by Crippen LogP contribution is -2.32. The molecular formula is C20H19N7O5. The van der Waals surface area contributed by atoms with Crippen LogP contribution in [0.4, 0.5) is 17.3 Å². The molecule has 0 saturated heterocycles. The van der Waals surface area contributed by atoms with Gasteiger partial charge in [0.1, 0.15) is 12.1 Å². The van der Waals surface area contributed by atoms with Crippen LogP contribution >= 0.6 is 0 Å². The number of carbonyl (C=O) groups is 2. The molecule has 0 saturated carbocycles. The number of amides is 2. The van der Waals surface area contributed by atoms with E-state index < -0.39 is 22.4 Å². The van der Waals surface area contributed by atoms with Crippen molar-refractivity contribution < 1.29 is 19.2 Å². The maximum Gasteiger partial charge on any atom is 0.356 e. The number of anilines is 2. The van der Waals surface area contributed by atoms with Gasteiger partial charge in [-0.2, -0.15) is 0 Å². The number of aryl methyl sites for hydroxylation is 1. The minimum absolute atomic E-state index is 0.211. The zero-order valence-electron chi connectivity index (χ0n) is 17.1. The van der Waals surface area contributed by atoms with Crippen molar-refractivity contribution in [2.24, 2.45) is 0 Å². The summed E-state index contributed by atoms with van der Waals surface area (Å²) in [6.45, 7) is 1.88. The number of nitrogens with zero attached hydrogens (tertiary/aromatic N) is 3. The second-order valence-electron chi connectivity index (χ2n) is 6.40. The van der Waals surface area contributed by atoms with Crippen LogP contribution in [0.5, 0.6) is 5.75 Å². The molecule has 3 aromatic rings. The number of hydrogen-bond acceptors (Lipinski definition) is 9. The maximum atomic E-state index is 12.4. The molecule has 3 rings (SSSR count). The van der Waals surface area contributed by atoms with Crippen LogP contribution in [-0.4, -0.2) is 33.8 Å². The van der Waals surface area contributed by atoms with Gasteiger partial charge in [0.15, 0.2) is 0 Å². The molecule has 164 valence electrons. The van der Waals surface area contributed by atoms with Gasteiger partial charge < -0.3 is 4.74 Å². The largest absolute Gasteiger partial charge is 0.496 e. The minimum atomic E-state index is -0.752.